The van der Waals surface area contributed by atoms with Gasteiger partial charge in [0, 0.05) is 6.42 Å². The van der Waals surface area contributed by atoms with Crippen molar-refractivity contribution in [2.75, 3.05) is 6.54 Å². The van der Waals surface area contributed by atoms with Crippen molar-refractivity contribution in [3.8, 4) is 0 Å². The second-order valence-electron chi connectivity index (χ2n) is 8.40. The Balaban J connectivity index is 2.96. The van der Waals surface area contributed by atoms with E-state index in [0.29, 0.717) is 13.0 Å². The van der Waals surface area contributed by atoms with E-state index in [1.807, 2.05) is 0 Å². The van der Waals surface area contributed by atoms with E-state index in [-0.39, 0.29) is 25.2 Å². The predicted octanol–water partition coefficient (Wildman–Crippen LogP) is -1.94. The molecule has 0 radical (unpaired) electrons. The first kappa shape index (κ1) is 27.8. The van der Waals surface area contributed by atoms with Gasteiger partial charge in [0.15, 0.2) is 0 Å². The van der Waals surface area contributed by atoms with Gasteiger partial charge in [-0.05, 0) is 38.1 Å². The minimum absolute atomic E-state index is 0.0515. The summed E-state index contributed by atoms with van der Waals surface area (Å²) in [5.74, 6) is -5.78. The molecule has 1 rings (SSSR count). The average molecular weight is 472 g/mol. The highest BCUT2D eigenvalue weighted by atomic mass is 16.4. The predicted molar refractivity (Wildman–Crippen MR) is 115 cm³/mol. The summed E-state index contributed by atoms with van der Waals surface area (Å²) >= 11 is 0. The number of carboxylic acid groups (broad SMARTS) is 2. The van der Waals surface area contributed by atoms with Crippen LogP contribution in [0.4, 0.5) is 0 Å². The van der Waals surface area contributed by atoms with Crippen molar-refractivity contribution >= 4 is 35.6 Å². The van der Waals surface area contributed by atoms with Crippen LogP contribution in [-0.4, -0.2) is 76.5 Å². The van der Waals surface area contributed by atoms with Gasteiger partial charge >= 0.3 is 11.9 Å². The van der Waals surface area contributed by atoms with Crippen LogP contribution >= 0.6 is 0 Å². The Bertz CT molecular complexity index is 751. The van der Waals surface area contributed by atoms with E-state index in [0.717, 1.165) is 6.42 Å². The van der Waals surface area contributed by atoms with E-state index in [1.54, 1.807) is 13.8 Å². The second kappa shape index (κ2) is 13.4. The molecule has 0 spiro atoms. The van der Waals surface area contributed by atoms with Gasteiger partial charge in [-0.3, -0.25) is 24.0 Å². The van der Waals surface area contributed by atoms with Gasteiger partial charge in [-0.1, -0.05) is 13.8 Å². The van der Waals surface area contributed by atoms with Crippen LogP contribution in [0.3, 0.4) is 0 Å². The average Bonchev–Trinajstić information content (AvgIpc) is 3.23. The van der Waals surface area contributed by atoms with Crippen molar-refractivity contribution in [1.29, 1.82) is 0 Å². The molecule has 0 aromatic carbocycles. The third-order valence-electron chi connectivity index (χ3n) is 5.02. The van der Waals surface area contributed by atoms with Gasteiger partial charge in [0.25, 0.3) is 0 Å². The van der Waals surface area contributed by atoms with Crippen LogP contribution in [0.2, 0.25) is 0 Å². The highest BCUT2D eigenvalue weighted by molar-refractivity contribution is 5.95. The number of rotatable bonds is 14. The Hall–Kier alpha value is -3.22. The lowest BCUT2D eigenvalue weighted by Crippen LogP contribution is -2.57. The molecule has 0 aromatic rings. The Morgan fingerprint density at radius 1 is 0.970 bits per heavy atom. The topological polar surface area (TPSA) is 217 Å². The lowest BCUT2D eigenvalue weighted by Gasteiger charge is -2.25. The molecule has 0 saturated carbocycles. The summed E-state index contributed by atoms with van der Waals surface area (Å²) in [6.45, 7) is 4.16. The van der Waals surface area contributed by atoms with E-state index in [9.17, 15) is 33.9 Å². The molecular formula is C20H33N5O8. The number of hydrogen-bond acceptors (Lipinski definition) is 7. The Morgan fingerprint density at radius 3 is 2.06 bits per heavy atom. The highest BCUT2D eigenvalue weighted by Gasteiger charge is 2.32. The smallest absolute Gasteiger partial charge is 0.326 e. The zero-order valence-corrected chi connectivity index (χ0v) is 18.8. The van der Waals surface area contributed by atoms with Crippen LogP contribution in [0, 0.1) is 5.92 Å². The van der Waals surface area contributed by atoms with Crippen molar-refractivity contribution in [1.82, 2.24) is 21.3 Å². The Kier molecular flexibility index (Phi) is 11.3. The summed E-state index contributed by atoms with van der Waals surface area (Å²) in [5.41, 5.74) is 5.13. The molecule has 33 heavy (non-hydrogen) atoms. The number of carboxylic acids is 2. The lowest BCUT2D eigenvalue weighted by atomic mass is 10.0. The van der Waals surface area contributed by atoms with Gasteiger partial charge in [-0.2, -0.15) is 0 Å². The first-order valence-electron chi connectivity index (χ1n) is 10.8. The molecule has 0 bridgehead atoms. The number of carbonyl (C=O) groups excluding carboxylic acids is 4. The molecule has 4 atom stereocenters. The first-order valence-corrected chi connectivity index (χ1v) is 10.8. The molecule has 8 N–H and O–H groups in total. The van der Waals surface area contributed by atoms with E-state index in [1.165, 1.54) is 0 Å². The molecule has 13 nitrogen and oxygen atoms in total. The van der Waals surface area contributed by atoms with Crippen molar-refractivity contribution in [2.24, 2.45) is 11.7 Å². The van der Waals surface area contributed by atoms with Crippen molar-refractivity contribution in [2.45, 2.75) is 76.5 Å². The minimum atomic E-state index is -1.48. The van der Waals surface area contributed by atoms with Crippen LogP contribution in [0.15, 0.2) is 0 Å². The molecule has 0 aliphatic carbocycles. The van der Waals surface area contributed by atoms with Crippen molar-refractivity contribution < 1.29 is 39.0 Å². The number of nitrogens with one attached hydrogen (secondary N) is 4. The maximum Gasteiger partial charge on any atom is 0.326 e. The van der Waals surface area contributed by atoms with Crippen molar-refractivity contribution in [3.63, 3.8) is 0 Å². The molecule has 1 fully saturated rings. The number of hydrogen-bond donors (Lipinski definition) is 7. The fourth-order valence-electron chi connectivity index (χ4n) is 3.36. The zero-order chi connectivity index (χ0) is 25.1. The Labute approximate surface area is 191 Å². The molecule has 4 amide bonds. The normalized spacial score (nSPS) is 18.1. The van der Waals surface area contributed by atoms with E-state index < -0.39 is 66.2 Å². The summed E-state index contributed by atoms with van der Waals surface area (Å²) in [4.78, 5) is 71.7. The van der Waals surface area contributed by atoms with E-state index in [2.05, 4.69) is 21.3 Å². The molecule has 1 aliphatic heterocycles. The van der Waals surface area contributed by atoms with Crippen LogP contribution in [0.5, 0.6) is 0 Å². The van der Waals surface area contributed by atoms with E-state index >= 15 is 0 Å². The summed E-state index contributed by atoms with van der Waals surface area (Å²) in [5, 5.41) is 28.4. The van der Waals surface area contributed by atoms with Gasteiger partial charge < -0.3 is 37.2 Å². The van der Waals surface area contributed by atoms with Gasteiger partial charge in [0.1, 0.15) is 18.1 Å². The molecule has 1 heterocycles. The molecule has 0 aromatic heterocycles. The fraction of sp³-hybridized carbons (Fsp3) is 0.700. The third kappa shape index (κ3) is 10.3. The van der Waals surface area contributed by atoms with Gasteiger partial charge in [-0.25, -0.2) is 4.79 Å². The van der Waals surface area contributed by atoms with Crippen LogP contribution in [0.25, 0.3) is 0 Å². The summed E-state index contributed by atoms with van der Waals surface area (Å²) in [6, 6.07) is -4.63. The summed E-state index contributed by atoms with van der Waals surface area (Å²) < 4.78 is 0. The molecule has 1 saturated heterocycles. The molecule has 186 valence electrons. The highest BCUT2D eigenvalue weighted by Crippen LogP contribution is 2.08. The molecule has 1 aliphatic rings. The number of amides is 4. The lowest BCUT2D eigenvalue weighted by molar-refractivity contribution is -0.143. The molecule has 13 heteroatoms. The number of aliphatic carboxylic acids is 2. The minimum Gasteiger partial charge on any atom is -0.481 e. The Morgan fingerprint density at radius 2 is 1.58 bits per heavy atom. The quantitative estimate of drug-likeness (QED) is 0.150. The zero-order valence-electron chi connectivity index (χ0n) is 18.8. The second-order valence-corrected chi connectivity index (χ2v) is 8.40. The first-order chi connectivity index (χ1) is 15.4. The van der Waals surface area contributed by atoms with Crippen LogP contribution in [-0.2, 0) is 28.8 Å². The third-order valence-corrected chi connectivity index (χ3v) is 5.02. The molecule has 4 unspecified atom stereocenters. The van der Waals surface area contributed by atoms with E-state index in [4.69, 9.17) is 10.8 Å². The monoisotopic (exact) mass is 471 g/mol. The maximum absolute atomic E-state index is 12.8. The number of carbonyl (C=O) groups is 6. The van der Waals surface area contributed by atoms with Gasteiger partial charge in [0.2, 0.25) is 23.6 Å². The fourth-order valence-corrected chi connectivity index (χ4v) is 3.36. The van der Waals surface area contributed by atoms with Crippen molar-refractivity contribution in [3.05, 3.63) is 0 Å². The van der Waals surface area contributed by atoms with Gasteiger partial charge in [-0.15, -0.1) is 0 Å². The van der Waals surface area contributed by atoms with Crippen LogP contribution in [0.1, 0.15) is 52.4 Å². The summed E-state index contributed by atoms with van der Waals surface area (Å²) in [7, 11) is 0. The summed E-state index contributed by atoms with van der Waals surface area (Å²) in [6.07, 6.45) is 0.151. The van der Waals surface area contributed by atoms with Crippen LogP contribution < -0.4 is 27.0 Å². The standard InChI is InChI=1S/C20H33N5O8/c1-10(2)8-14(20(32)33)25-18(30)12(5-6-15(21)26)23-19(31)13(9-16(27)28)24-17(29)11-4-3-7-22-11/h10-14,22H,3-9H2,1-2H3,(H2,21,26)(H,23,31)(H,24,29)(H,25,30)(H,27,28)(H,32,33). The molecular weight excluding hydrogens is 438 g/mol. The maximum atomic E-state index is 12.8. The van der Waals surface area contributed by atoms with Gasteiger partial charge in [0.05, 0.1) is 12.5 Å². The number of nitrogens with two attached hydrogens (primary N) is 1. The number of primary amides is 1. The largest absolute Gasteiger partial charge is 0.481 e. The SMILES string of the molecule is CC(C)CC(NC(=O)C(CCC(N)=O)NC(=O)C(CC(=O)O)NC(=O)C1CCCN1)C(=O)O.